The van der Waals surface area contributed by atoms with Crippen LogP contribution in [0.15, 0.2) is 24.3 Å². The van der Waals surface area contributed by atoms with Crippen molar-refractivity contribution in [2.45, 2.75) is 38.6 Å². The maximum absolute atomic E-state index is 13.7. The first-order chi connectivity index (χ1) is 11.6. The summed E-state index contributed by atoms with van der Waals surface area (Å²) in [6.07, 6.45) is 4.58. The van der Waals surface area contributed by atoms with E-state index in [0.717, 1.165) is 46.1 Å². The minimum atomic E-state index is -0.166. The number of halogens is 1. The highest BCUT2D eigenvalue weighted by Crippen LogP contribution is 2.38. The number of fused-ring (bicyclic) bond motifs is 1. The summed E-state index contributed by atoms with van der Waals surface area (Å²) in [4.78, 5) is 7.21. The van der Waals surface area contributed by atoms with Crippen molar-refractivity contribution in [2.75, 3.05) is 11.4 Å². The van der Waals surface area contributed by atoms with Gasteiger partial charge in [-0.15, -0.1) is 0 Å². The maximum Gasteiger partial charge on any atom is 0.188 e. The van der Waals surface area contributed by atoms with Gasteiger partial charge in [0.15, 0.2) is 10.8 Å². The average Bonchev–Trinajstić information content (AvgIpc) is 2.99. The smallest absolute Gasteiger partial charge is 0.188 e. The Bertz CT molecular complexity index is 835. The molecule has 1 fully saturated rings. The van der Waals surface area contributed by atoms with Gasteiger partial charge < -0.3 is 4.90 Å². The van der Waals surface area contributed by atoms with Crippen LogP contribution in [0.3, 0.4) is 0 Å². The van der Waals surface area contributed by atoms with Gasteiger partial charge >= 0.3 is 0 Å². The first-order valence-corrected chi connectivity index (χ1v) is 9.27. The van der Waals surface area contributed by atoms with Gasteiger partial charge in [-0.05, 0) is 37.5 Å². The molecule has 1 aliphatic rings. The normalized spacial score (nSPS) is 19.0. The fourth-order valence-corrected chi connectivity index (χ4v) is 4.70. The third-order valence-corrected chi connectivity index (χ3v) is 5.96. The summed E-state index contributed by atoms with van der Waals surface area (Å²) in [5, 5.41) is 5.47. The zero-order chi connectivity index (χ0) is 16.7. The molecule has 0 amide bonds. The third-order valence-electron chi connectivity index (χ3n) is 4.77. The molecule has 1 atom stereocenters. The quantitative estimate of drug-likeness (QED) is 0.681. The Morgan fingerprint density at radius 2 is 2.12 bits per heavy atom. The molecule has 126 valence electrons. The predicted octanol–water partition coefficient (Wildman–Crippen LogP) is 4.60. The van der Waals surface area contributed by atoms with E-state index in [1.54, 1.807) is 23.5 Å². The molecule has 1 saturated heterocycles. The number of nitrogens with zero attached hydrogens (tertiary/aromatic N) is 4. The van der Waals surface area contributed by atoms with Crippen LogP contribution in [-0.2, 0) is 7.05 Å². The zero-order valence-electron chi connectivity index (χ0n) is 14.0. The van der Waals surface area contributed by atoms with Gasteiger partial charge in [0.05, 0.1) is 16.4 Å². The molecule has 2 aromatic heterocycles. The average molecular weight is 344 g/mol. The number of benzene rings is 1. The van der Waals surface area contributed by atoms with Crippen LogP contribution in [0.4, 0.5) is 9.52 Å². The van der Waals surface area contributed by atoms with E-state index in [1.165, 1.54) is 18.9 Å². The number of aromatic nitrogens is 3. The van der Waals surface area contributed by atoms with Crippen LogP contribution in [0.1, 0.15) is 43.0 Å². The van der Waals surface area contributed by atoms with Crippen LogP contribution in [0.25, 0.3) is 10.3 Å². The van der Waals surface area contributed by atoms with E-state index in [1.807, 2.05) is 24.7 Å². The van der Waals surface area contributed by atoms with Crippen molar-refractivity contribution in [1.82, 2.24) is 14.8 Å². The summed E-state index contributed by atoms with van der Waals surface area (Å²) in [7, 11) is 1.94. The first kappa shape index (κ1) is 15.6. The molecule has 0 aliphatic carbocycles. The number of aryl methyl sites for hydroxylation is 2. The van der Waals surface area contributed by atoms with Crippen molar-refractivity contribution in [1.29, 1.82) is 0 Å². The van der Waals surface area contributed by atoms with Crippen molar-refractivity contribution in [3.05, 3.63) is 41.3 Å². The SMILES string of the molecule is Cc1nn(C)c2nc(N3CCCCCC3c3cccc(F)c3)sc12. The van der Waals surface area contributed by atoms with Crippen molar-refractivity contribution in [3.63, 3.8) is 0 Å². The number of rotatable bonds is 2. The van der Waals surface area contributed by atoms with Crippen LogP contribution in [0.5, 0.6) is 0 Å². The van der Waals surface area contributed by atoms with E-state index in [4.69, 9.17) is 4.98 Å². The number of hydrogen-bond donors (Lipinski definition) is 0. The Morgan fingerprint density at radius 1 is 1.25 bits per heavy atom. The van der Waals surface area contributed by atoms with Gasteiger partial charge in [-0.1, -0.05) is 36.3 Å². The summed E-state index contributed by atoms with van der Waals surface area (Å²) in [5.41, 5.74) is 3.01. The lowest BCUT2D eigenvalue weighted by atomic mass is 10.0. The zero-order valence-corrected chi connectivity index (χ0v) is 14.8. The minimum Gasteiger partial charge on any atom is -0.341 e. The summed E-state index contributed by atoms with van der Waals surface area (Å²) >= 11 is 1.70. The van der Waals surface area contributed by atoms with Gasteiger partial charge in [-0.3, -0.25) is 0 Å². The van der Waals surface area contributed by atoms with E-state index in [0.29, 0.717) is 0 Å². The lowest BCUT2D eigenvalue weighted by Crippen LogP contribution is -2.28. The van der Waals surface area contributed by atoms with Gasteiger partial charge in [0, 0.05) is 13.6 Å². The molecule has 0 saturated carbocycles. The van der Waals surface area contributed by atoms with E-state index in [9.17, 15) is 4.39 Å². The summed E-state index contributed by atoms with van der Waals surface area (Å²) in [5.74, 6) is -0.166. The van der Waals surface area contributed by atoms with E-state index >= 15 is 0 Å². The molecule has 3 aromatic rings. The first-order valence-electron chi connectivity index (χ1n) is 8.46. The second kappa shape index (κ2) is 6.16. The standard InChI is InChI=1S/C18H21FN4S/c1-12-16-17(22(2)21-12)20-18(24-16)23-10-5-3-4-9-15(23)13-7-6-8-14(19)11-13/h6-8,11,15H,3-5,9-10H2,1-2H3. The molecule has 0 radical (unpaired) electrons. The van der Waals surface area contributed by atoms with Gasteiger partial charge in [0.2, 0.25) is 0 Å². The van der Waals surface area contributed by atoms with E-state index in [2.05, 4.69) is 10.00 Å². The van der Waals surface area contributed by atoms with Crippen molar-refractivity contribution in [2.24, 2.45) is 7.05 Å². The van der Waals surface area contributed by atoms with Crippen molar-refractivity contribution in [3.8, 4) is 0 Å². The van der Waals surface area contributed by atoms with E-state index < -0.39 is 0 Å². The highest BCUT2D eigenvalue weighted by atomic mass is 32.1. The highest BCUT2D eigenvalue weighted by molar-refractivity contribution is 7.22. The van der Waals surface area contributed by atoms with Gasteiger partial charge in [-0.2, -0.15) is 5.10 Å². The van der Waals surface area contributed by atoms with Gasteiger partial charge in [0.25, 0.3) is 0 Å². The molecule has 0 spiro atoms. The third kappa shape index (κ3) is 2.69. The van der Waals surface area contributed by atoms with Crippen molar-refractivity contribution < 1.29 is 4.39 Å². The fraction of sp³-hybridized carbons (Fsp3) is 0.444. The number of anilines is 1. The lowest BCUT2D eigenvalue weighted by molar-refractivity contribution is 0.585. The minimum absolute atomic E-state index is 0.166. The molecule has 24 heavy (non-hydrogen) atoms. The topological polar surface area (TPSA) is 34.0 Å². The molecule has 1 aromatic carbocycles. The largest absolute Gasteiger partial charge is 0.341 e. The van der Waals surface area contributed by atoms with Crippen LogP contribution in [0.2, 0.25) is 0 Å². The molecule has 6 heteroatoms. The molecule has 4 rings (SSSR count). The summed E-state index contributed by atoms with van der Waals surface area (Å²) in [6, 6.07) is 7.21. The molecule has 4 nitrogen and oxygen atoms in total. The molecule has 0 bridgehead atoms. The Kier molecular flexibility index (Phi) is 4.00. The van der Waals surface area contributed by atoms with Crippen LogP contribution < -0.4 is 4.90 Å². The maximum atomic E-state index is 13.7. The summed E-state index contributed by atoms with van der Waals surface area (Å²) in [6.45, 7) is 2.99. The molecule has 1 aliphatic heterocycles. The molecular weight excluding hydrogens is 323 g/mol. The Labute approximate surface area is 144 Å². The molecule has 3 heterocycles. The monoisotopic (exact) mass is 344 g/mol. The van der Waals surface area contributed by atoms with Gasteiger partial charge in [0.1, 0.15) is 5.82 Å². The number of thiazole rings is 1. The Balaban J connectivity index is 1.77. The van der Waals surface area contributed by atoms with E-state index in [-0.39, 0.29) is 11.9 Å². The summed E-state index contributed by atoms with van der Waals surface area (Å²) < 4.78 is 16.7. The second-order valence-electron chi connectivity index (χ2n) is 6.47. The molecule has 1 unspecified atom stereocenters. The highest BCUT2D eigenvalue weighted by Gasteiger charge is 2.26. The van der Waals surface area contributed by atoms with Crippen LogP contribution in [-0.4, -0.2) is 21.3 Å². The predicted molar refractivity (Wildman–Crippen MR) is 96.1 cm³/mol. The lowest BCUT2D eigenvalue weighted by Gasteiger charge is -2.30. The Morgan fingerprint density at radius 3 is 2.92 bits per heavy atom. The van der Waals surface area contributed by atoms with Crippen LogP contribution >= 0.6 is 11.3 Å². The Hall–Kier alpha value is -1.95. The second-order valence-corrected chi connectivity index (χ2v) is 7.45. The molecular formula is C18H21FN4S. The van der Waals surface area contributed by atoms with Crippen LogP contribution in [0, 0.1) is 12.7 Å². The molecule has 0 N–H and O–H groups in total. The fourth-order valence-electron chi connectivity index (χ4n) is 3.59. The van der Waals surface area contributed by atoms with Crippen molar-refractivity contribution >= 4 is 26.8 Å². The van der Waals surface area contributed by atoms with Gasteiger partial charge in [-0.25, -0.2) is 14.1 Å². The number of hydrogen-bond acceptors (Lipinski definition) is 4.